The predicted octanol–water partition coefficient (Wildman–Crippen LogP) is 1.50. The van der Waals surface area contributed by atoms with Crippen molar-refractivity contribution >= 4 is 0 Å². The largest absolute Gasteiger partial charge is 0.379 e. The fraction of sp³-hybridized carbons (Fsp3) is 0.625. The summed E-state index contributed by atoms with van der Waals surface area (Å²) in [6.45, 7) is 6.81. The second-order valence-electron chi connectivity index (χ2n) is 5.88. The van der Waals surface area contributed by atoms with E-state index >= 15 is 0 Å². The number of hydrogen-bond donors (Lipinski definition) is 0. The van der Waals surface area contributed by atoms with E-state index in [1.54, 1.807) is 0 Å². The Morgan fingerprint density at radius 2 is 1.82 bits per heavy atom. The smallest absolute Gasteiger partial charge is 0.127 e. The molecule has 0 bridgehead atoms. The monoisotopic (exact) mass is 312 g/mol. The molecule has 2 aliphatic heterocycles. The Balaban J connectivity index is 1.54. The van der Waals surface area contributed by atoms with Gasteiger partial charge in [-0.2, -0.15) is 0 Å². The van der Waals surface area contributed by atoms with Crippen molar-refractivity contribution < 1.29 is 18.3 Å². The molecule has 2 saturated heterocycles. The van der Waals surface area contributed by atoms with E-state index in [1.807, 2.05) is 0 Å². The van der Waals surface area contributed by atoms with Gasteiger partial charge in [0.2, 0.25) is 0 Å². The van der Waals surface area contributed by atoms with E-state index in [0.717, 1.165) is 52.0 Å². The molecule has 1 aromatic carbocycles. The molecule has 0 N–H and O–H groups in total. The average Bonchev–Trinajstić information content (AvgIpc) is 2.52. The molecule has 0 aromatic heterocycles. The van der Waals surface area contributed by atoms with Crippen molar-refractivity contribution in [2.24, 2.45) is 0 Å². The Morgan fingerprint density at radius 3 is 2.64 bits per heavy atom. The Kier molecular flexibility index (Phi) is 5.36. The molecule has 0 radical (unpaired) electrons. The van der Waals surface area contributed by atoms with Crippen LogP contribution in [0.1, 0.15) is 5.56 Å². The molecule has 6 heteroatoms. The van der Waals surface area contributed by atoms with Crippen LogP contribution in [-0.4, -0.2) is 68.4 Å². The zero-order chi connectivity index (χ0) is 15.4. The van der Waals surface area contributed by atoms with Gasteiger partial charge >= 0.3 is 0 Å². The van der Waals surface area contributed by atoms with Gasteiger partial charge in [0.1, 0.15) is 11.6 Å². The molecule has 2 heterocycles. The zero-order valence-corrected chi connectivity index (χ0v) is 12.6. The Hall–Kier alpha value is -1.08. The molecule has 1 aromatic rings. The van der Waals surface area contributed by atoms with Crippen LogP contribution in [0.5, 0.6) is 0 Å². The Bertz CT molecular complexity index is 495. The van der Waals surface area contributed by atoms with E-state index in [9.17, 15) is 8.78 Å². The molecule has 0 spiro atoms. The summed E-state index contributed by atoms with van der Waals surface area (Å²) in [5, 5.41) is 0. The van der Waals surface area contributed by atoms with Crippen molar-refractivity contribution in [2.45, 2.75) is 12.6 Å². The maximum Gasteiger partial charge on any atom is 0.127 e. The SMILES string of the molecule is Fc1ccc(F)c(CN2CCOC(CN3CCOCC3)C2)c1. The minimum atomic E-state index is -0.394. The molecule has 2 aliphatic rings. The van der Waals surface area contributed by atoms with Crippen molar-refractivity contribution in [1.29, 1.82) is 0 Å². The summed E-state index contributed by atoms with van der Waals surface area (Å²) in [5.74, 6) is -0.743. The molecule has 0 amide bonds. The van der Waals surface area contributed by atoms with Gasteiger partial charge in [-0.1, -0.05) is 0 Å². The molecular weight excluding hydrogens is 290 g/mol. The Morgan fingerprint density at radius 1 is 1.05 bits per heavy atom. The van der Waals surface area contributed by atoms with Crippen LogP contribution in [0.3, 0.4) is 0 Å². The quantitative estimate of drug-likeness (QED) is 0.841. The summed E-state index contributed by atoms with van der Waals surface area (Å²) < 4.78 is 38.2. The van der Waals surface area contributed by atoms with Crippen LogP contribution in [0.4, 0.5) is 8.78 Å². The number of rotatable bonds is 4. The minimum Gasteiger partial charge on any atom is -0.379 e. The lowest BCUT2D eigenvalue weighted by Crippen LogP contribution is -2.49. The van der Waals surface area contributed by atoms with Gasteiger partial charge in [0.15, 0.2) is 0 Å². The van der Waals surface area contributed by atoms with Crippen LogP contribution >= 0.6 is 0 Å². The van der Waals surface area contributed by atoms with Gasteiger partial charge in [0.25, 0.3) is 0 Å². The third-order valence-electron chi connectivity index (χ3n) is 4.19. The van der Waals surface area contributed by atoms with Crippen molar-refractivity contribution in [3.63, 3.8) is 0 Å². The summed E-state index contributed by atoms with van der Waals surface area (Å²) in [4.78, 5) is 4.47. The van der Waals surface area contributed by atoms with Gasteiger partial charge in [-0.15, -0.1) is 0 Å². The van der Waals surface area contributed by atoms with Crippen molar-refractivity contribution in [2.75, 3.05) is 52.5 Å². The molecule has 4 nitrogen and oxygen atoms in total. The normalized spacial score (nSPS) is 24.5. The van der Waals surface area contributed by atoms with Crippen molar-refractivity contribution in [3.05, 3.63) is 35.4 Å². The van der Waals surface area contributed by atoms with Crippen LogP contribution in [0.15, 0.2) is 18.2 Å². The number of benzene rings is 1. The number of ether oxygens (including phenoxy) is 2. The maximum atomic E-state index is 13.7. The van der Waals surface area contributed by atoms with Crippen LogP contribution in [0.2, 0.25) is 0 Å². The Labute approximate surface area is 129 Å². The van der Waals surface area contributed by atoms with Crippen molar-refractivity contribution in [3.8, 4) is 0 Å². The summed E-state index contributed by atoms with van der Waals surface area (Å²) in [7, 11) is 0. The second kappa shape index (κ2) is 7.46. The van der Waals surface area contributed by atoms with E-state index in [0.29, 0.717) is 18.7 Å². The fourth-order valence-electron chi connectivity index (χ4n) is 3.01. The molecule has 2 fully saturated rings. The van der Waals surface area contributed by atoms with Crippen LogP contribution in [0, 0.1) is 11.6 Å². The van der Waals surface area contributed by atoms with Gasteiger partial charge in [0, 0.05) is 44.8 Å². The van der Waals surface area contributed by atoms with Crippen LogP contribution in [0.25, 0.3) is 0 Å². The van der Waals surface area contributed by atoms with Crippen LogP contribution in [-0.2, 0) is 16.0 Å². The minimum absolute atomic E-state index is 0.114. The second-order valence-corrected chi connectivity index (χ2v) is 5.88. The van der Waals surface area contributed by atoms with Crippen molar-refractivity contribution in [1.82, 2.24) is 9.80 Å². The highest BCUT2D eigenvalue weighted by Gasteiger charge is 2.24. The summed E-state index contributed by atoms with van der Waals surface area (Å²) in [6.07, 6.45) is 0.114. The number of nitrogens with zero attached hydrogens (tertiary/aromatic N) is 2. The van der Waals surface area contributed by atoms with E-state index in [-0.39, 0.29) is 11.9 Å². The predicted molar refractivity (Wildman–Crippen MR) is 78.6 cm³/mol. The standard InChI is InChI=1S/C16H22F2N2O2/c17-14-1-2-16(18)13(9-14)10-20-5-8-22-15(12-20)11-19-3-6-21-7-4-19/h1-2,9,15H,3-8,10-12H2. The fourth-order valence-corrected chi connectivity index (χ4v) is 3.01. The first-order chi connectivity index (χ1) is 10.7. The van der Waals surface area contributed by atoms with Gasteiger partial charge in [-0.05, 0) is 18.2 Å². The molecule has 3 rings (SSSR count). The van der Waals surface area contributed by atoms with Gasteiger partial charge in [-0.25, -0.2) is 8.78 Å². The third kappa shape index (κ3) is 4.23. The summed E-state index contributed by atoms with van der Waals surface area (Å²) >= 11 is 0. The zero-order valence-electron chi connectivity index (χ0n) is 12.6. The van der Waals surface area contributed by atoms with Gasteiger partial charge in [0.05, 0.1) is 25.9 Å². The van der Waals surface area contributed by atoms with E-state index in [4.69, 9.17) is 9.47 Å². The number of halogens is 2. The summed E-state index contributed by atoms with van der Waals surface area (Å²) in [5.41, 5.74) is 0.409. The third-order valence-corrected chi connectivity index (χ3v) is 4.19. The molecule has 1 atom stereocenters. The highest BCUT2D eigenvalue weighted by Crippen LogP contribution is 2.15. The summed E-state index contributed by atoms with van der Waals surface area (Å²) in [6, 6.07) is 3.62. The lowest BCUT2D eigenvalue weighted by Gasteiger charge is -2.36. The van der Waals surface area contributed by atoms with E-state index in [2.05, 4.69) is 9.80 Å². The highest BCUT2D eigenvalue weighted by atomic mass is 19.1. The first kappa shape index (κ1) is 15.8. The first-order valence-electron chi connectivity index (χ1n) is 7.79. The average molecular weight is 312 g/mol. The van der Waals surface area contributed by atoms with E-state index < -0.39 is 5.82 Å². The lowest BCUT2D eigenvalue weighted by atomic mass is 10.1. The topological polar surface area (TPSA) is 24.9 Å². The highest BCUT2D eigenvalue weighted by molar-refractivity contribution is 5.18. The molecular formula is C16H22F2N2O2. The number of hydrogen-bond acceptors (Lipinski definition) is 4. The van der Waals surface area contributed by atoms with Gasteiger partial charge in [-0.3, -0.25) is 9.80 Å². The van der Waals surface area contributed by atoms with Gasteiger partial charge < -0.3 is 9.47 Å². The molecule has 122 valence electrons. The first-order valence-corrected chi connectivity index (χ1v) is 7.79. The molecule has 0 saturated carbocycles. The lowest BCUT2D eigenvalue weighted by molar-refractivity contribution is -0.0591. The molecule has 22 heavy (non-hydrogen) atoms. The van der Waals surface area contributed by atoms with Crippen LogP contribution < -0.4 is 0 Å². The molecule has 0 aliphatic carbocycles. The maximum absolute atomic E-state index is 13.7. The number of morpholine rings is 2. The molecule has 1 unspecified atom stereocenters. The van der Waals surface area contributed by atoms with E-state index in [1.165, 1.54) is 12.1 Å².